The van der Waals surface area contributed by atoms with E-state index in [0.29, 0.717) is 6.42 Å². The standard InChI is InChI=1S/C13H14O4/c1-16-10-9(14)8-7-4-3-5-13(8,6-7)12(15)11(10)17-2/h3-4,7-8H,5-6H2,1-2H3. The van der Waals surface area contributed by atoms with Crippen LogP contribution in [0.25, 0.3) is 0 Å². The zero-order chi connectivity index (χ0) is 12.2. The number of carbonyl (C=O) groups is 2. The van der Waals surface area contributed by atoms with Gasteiger partial charge in [-0.05, 0) is 18.8 Å². The van der Waals surface area contributed by atoms with E-state index in [4.69, 9.17) is 9.47 Å². The van der Waals surface area contributed by atoms with Crippen molar-refractivity contribution < 1.29 is 19.1 Å². The van der Waals surface area contributed by atoms with Gasteiger partial charge in [0.1, 0.15) is 0 Å². The Labute approximate surface area is 99.3 Å². The quantitative estimate of drug-likeness (QED) is 0.674. The third-order valence-corrected chi connectivity index (χ3v) is 4.27. The number of rotatable bonds is 2. The van der Waals surface area contributed by atoms with Crippen LogP contribution < -0.4 is 0 Å². The van der Waals surface area contributed by atoms with Gasteiger partial charge in [0.05, 0.1) is 19.6 Å². The maximum atomic E-state index is 12.4. The summed E-state index contributed by atoms with van der Waals surface area (Å²) in [5, 5.41) is 0. The van der Waals surface area contributed by atoms with Crippen LogP contribution >= 0.6 is 0 Å². The molecule has 0 aromatic carbocycles. The highest BCUT2D eigenvalue weighted by Gasteiger charge is 2.66. The molecule has 0 N–H and O–H groups in total. The lowest BCUT2D eigenvalue weighted by Crippen LogP contribution is -2.61. The van der Waals surface area contributed by atoms with E-state index in [1.54, 1.807) is 0 Å². The van der Waals surface area contributed by atoms with E-state index in [-0.39, 0.29) is 34.9 Å². The molecular weight excluding hydrogens is 220 g/mol. The molecule has 3 unspecified atom stereocenters. The van der Waals surface area contributed by atoms with E-state index in [1.165, 1.54) is 14.2 Å². The first-order valence-corrected chi connectivity index (χ1v) is 5.73. The average molecular weight is 234 g/mol. The van der Waals surface area contributed by atoms with E-state index in [1.807, 2.05) is 12.2 Å². The maximum absolute atomic E-state index is 12.4. The van der Waals surface area contributed by atoms with Crippen molar-refractivity contribution in [3.63, 3.8) is 0 Å². The minimum Gasteiger partial charge on any atom is -0.490 e. The lowest BCUT2D eigenvalue weighted by Gasteiger charge is -2.56. The summed E-state index contributed by atoms with van der Waals surface area (Å²) in [6, 6.07) is 0. The lowest BCUT2D eigenvalue weighted by molar-refractivity contribution is -0.159. The minimum atomic E-state index is -0.538. The molecular formula is C13H14O4. The van der Waals surface area contributed by atoms with Crippen LogP contribution in [0, 0.1) is 17.3 Å². The summed E-state index contributed by atoms with van der Waals surface area (Å²) in [4.78, 5) is 24.7. The summed E-state index contributed by atoms with van der Waals surface area (Å²) >= 11 is 0. The Bertz CT molecular complexity index is 474. The van der Waals surface area contributed by atoms with Gasteiger partial charge in [-0.2, -0.15) is 0 Å². The van der Waals surface area contributed by atoms with Crippen LogP contribution in [0.2, 0.25) is 0 Å². The van der Waals surface area contributed by atoms with Crippen molar-refractivity contribution in [2.24, 2.45) is 17.3 Å². The molecule has 3 rings (SSSR count). The van der Waals surface area contributed by atoms with Crippen molar-refractivity contribution in [2.45, 2.75) is 12.8 Å². The Morgan fingerprint density at radius 1 is 1.24 bits per heavy atom. The van der Waals surface area contributed by atoms with Gasteiger partial charge < -0.3 is 9.47 Å². The number of allylic oxidation sites excluding steroid dienone is 4. The number of hydrogen-bond donors (Lipinski definition) is 0. The van der Waals surface area contributed by atoms with Crippen LogP contribution in [0.15, 0.2) is 23.7 Å². The fourth-order valence-electron chi connectivity index (χ4n) is 3.49. The first-order valence-electron chi connectivity index (χ1n) is 5.73. The summed E-state index contributed by atoms with van der Waals surface area (Å²) in [5.74, 6) is 0.0184. The zero-order valence-corrected chi connectivity index (χ0v) is 9.86. The first kappa shape index (κ1) is 10.6. The molecule has 17 heavy (non-hydrogen) atoms. The Hall–Kier alpha value is -1.58. The highest BCUT2D eigenvalue weighted by atomic mass is 16.5. The molecule has 1 spiro atoms. The van der Waals surface area contributed by atoms with E-state index in [9.17, 15) is 9.59 Å². The molecule has 90 valence electrons. The number of ketones is 2. The molecule has 4 heteroatoms. The van der Waals surface area contributed by atoms with Crippen molar-refractivity contribution in [1.29, 1.82) is 0 Å². The summed E-state index contributed by atoms with van der Waals surface area (Å²) in [6.07, 6.45) is 5.45. The van der Waals surface area contributed by atoms with E-state index in [2.05, 4.69) is 0 Å². The number of hydrogen-bond acceptors (Lipinski definition) is 4. The van der Waals surface area contributed by atoms with Crippen LogP contribution in [-0.2, 0) is 19.1 Å². The Morgan fingerprint density at radius 3 is 2.53 bits per heavy atom. The van der Waals surface area contributed by atoms with Crippen molar-refractivity contribution in [3.05, 3.63) is 23.7 Å². The second kappa shape index (κ2) is 3.22. The van der Waals surface area contributed by atoms with Gasteiger partial charge in [0.25, 0.3) is 0 Å². The molecule has 0 aromatic rings. The maximum Gasteiger partial charge on any atom is 0.208 e. The third kappa shape index (κ3) is 1.03. The van der Waals surface area contributed by atoms with Gasteiger partial charge in [-0.25, -0.2) is 0 Å². The summed E-state index contributed by atoms with van der Waals surface area (Å²) < 4.78 is 10.1. The monoisotopic (exact) mass is 234 g/mol. The summed E-state index contributed by atoms with van der Waals surface area (Å²) in [7, 11) is 2.81. The SMILES string of the molecule is COC1=C(OC)C(=O)C23CC=CC(C2)C3C1=O. The van der Waals surface area contributed by atoms with Crippen molar-refractivity contribution >= 4 is 11.6 Å². The second-order valence-corrected chi connectivity index (χ2v) is 4.89. The van der Waals surface area contributed by atoms with Crippen molar-refractivity contribution in [1.82, 2.24) is 0 Å². The normalized spacial score (nSPS) is 38.7. The fourth-order valence-corrected chi connectivity index (χ4v) is 3.49. The van der Waals surface area contributed by atoms with Gasteiger partial charge in [-0.3, -0.25) is 9.59 Å². The molecule has 3 aliphatic carbocycles. The number of fused-ring (bicyclic) bond motifs is 2. The van der Waals surface area contributed by atoms with Gasteiger partial charge in [0.15, 0.2) is 0 Å². The zero-order valence-electron chi connectivity index (χ0n) is 9.86. The molecule has 0 heterocycles. The Balaban J connectivity index is 2.14. The van der Waals surface area contributed by atoms with Gasteiger partial charge in [0.2, 0.25) is 23.1 Å². The van der Waals surface area contributed by atoms with Gasteiger partial charge in [-0.1, -0.05) is 12.2 Å². The molecule has 0 aromatic heterocycles. The minimum absolute atomic E-state index is 0.0675. The molecule has 0 saturated heterocycles. The van der Waals surface area contributed by atoms with Crippen LogP contribution in [0.5, 0.6) is 0 Å². The molecule has 0 radical (unpaired) electrons. The van der Waals surface area contributed by atoms with Crippen LogP contribution in [0.1, 0.15) is 12.8 Å². The van der Waals surface area contributed by atoms with Crippen molar-refractivity contribution in [2.75, 3.05) is 14.2 Å². The lowest BCUT2D eigenvalue weighted by atomic mass is 9.45. The summed E-state index contributed by atoms with van der Waals surface area (Å²) in [6.45, 7) is 0. The Morgan fingerprint density at radius 2 is 1.94 bits per heavy atom. The molecule has 4 nitrogen and oxygen atoms in total. The fraction of sp³-hybridized carbons (Fsp3) is 0.538. The second-order valence-electron chi connectivity index (χ2n) is 4.89. The number of carbonyl (C=O) groups excluding carboxylic acids is 2. The largest absolute Gasteiger partial charge is 0.490 e. The van der Waals surface area contributed by atoms with Crippen LogP contribution in [0.4, 0.5) is 0 Å². The van der Waals surface area contributed by atoms with Crippen LogP contribution in [0.3, 0.4) is 0 Å². The van der Waals surface area contributed by atoms with Gasteiger partial charge in [0, 0.05) is 5.92 Å². The van der Waals surface area contributed by atoms with Gasteiger partial charge in [-0.15, -0.1) is 0 Å². The predicted molar refractivity (Wildman–Crippen MR) is 58.8 cm³/mol. The topological polar surface area (TPSA) is 52.6 Å². The van der Waals surface area contributed by atoms with E-state index in [0.717, 1.165) is 6.42 Å². The highest BCUT2D eigenvalue weighted by molar-refractivity contribution is 6.15. The van der Waals surface area contributed by atoms with Crippen LogP contribution in [-0.4, -0.2) is 25.8 Å². The number of ether oxygens (including phenoxy) is 2. The average Bonchev–Trinajstić information content (AvgIpc) is 2.33. The van der Waals surface area contributed by atoms with E-state index < -0.39 is 5.41 Å². The number of methoxy groups -OCH3 is 2. The van der Waals surface area contributed by atoms with E-state index >= 15 is 0 Å². The smallest absolute Gasteiger partial charge is 0.208 e. The predicted octanol–water partition coefficient (Wildman–Crippen LogP) is 1.22. The van der Waals surface area contributed by atoms with Gasteiger partial charge >= 0.3 is 0 Å². The molecule has 3 aliphatic rings. The first-order chi connectivity index (χ1) is 8.15. The van der Waals surface area contributed by atoms with Crippen molar-refractivity contribution in [3.8, 4) is 0 Å². The molecule has 3 atom stereocenters. The highest BCUT2D eigenvalue weighted by Crippen LogP contribution is 2.61. The molecule has 0 amide bonds. The number of Topliss-reactive ketones (excluding diaryl/α,β-unsaturated/α-hetero) is 2. The molecule has 1 fully saturated rings. The third-order valence-electron chi connectivity index (χ3n) is 4.27. The molecule has 0 aliphatic heterocycles. The molecule has 2 bridgehead atoms. The Kier molecular flexibility index (Phi) is 2.00. The molecule has 1 saturated carbocycles. The summed E-state index contributed by atoms with van der Waals surface area (Å²) in [5.41, 5.74) is -0.538.